The molecule has 0 bridgehead atoms. The van der Waals surface area contributed by atoms with Gasteiger partial charge in [0, 0.05) is 12.4 Å². The third kappa shape index (κ3) is 5.16. The molecule has 0 saturated heterocycles. The Balaban J connectivity index is 3.69. The summed E-state index contributed by atoms with van der Waals surface area (Å²) < 4.78 is 4.67. The van der Waals surface area contributed by atoms with Crippen LogP contribution in [0.5, 0.6) is 0 Å². The van der Waals surface area contributed by atoms with E-state index >= 15 is 0 Å². The lowest BCUT2D eigenvalue weighted by molar-refractivity contribution is -0.149. The van der Waals surface area contributed by atoms with Gasteiger partial charge in [0.2, 0.25) is 0 Å². The fourth-order valence-corrected chi connectivity index (χ4v) is 1.93. The lowest BCUT2D eigenvalue weighted by atomic mass is 9.97. The van der Waals surface area contributed by atoms with Gasteiger partial charge >= 0.3 is 5.97 Å². The minimum atomic E-state index is -0.422. The number of aliphatic hydroxyl groups is 1. The van der Waals surface area contributed by atoms with Gasteiger partial charge in [0.15, 0.2) is 0 Å². The van der Waals surface area contributed by atoms with Crippen molar-refractivity contribution >= 4 is 17.7 Å². The second-order valence-corrected chi connectivity index (χ2v) is 4.61. The van der Waals surface area contributed by atoms with Gasteiger partial charge in [-0.3, -0.25) is 4.79 Å². The molecule has 0 rings (SSSR count). The molecule has 0 aliphatic heterocycles. The van der Waals surface area contributed by atoms with Crippen molar-refractivity contribution in [3.63, 3.8) is 0 Å². The van der Waals surface area contributed by atoms with Crippen molar-refractivity contribution < 1.29 is 14.6 Å². The molecular weight excluding hydrogens is 188 g/mol. The second kappa shape index (κ2) is 6.27. The number of carbonyl (C=O) groups excluding carboxylic acids is 1. The van der Waals surface area contributed by atoms with Crippen LogP contribution in [-0.4, -0.2) is 36.3 Å². The number of methoxy groups -OCH3 is 1. The molecule has 0 aromatic rings. The predicted molar refractivity (Wildman–Crippen MR) is 54.8 cm³/mol. The molecule has 0 aliphatic rings. The van der Waals surface area contributed by atoms with Crippen LogP contribution in [-0.2, 0) is 9.53 Å². The average molecular weight is 206 g/mol. The van der Waals surface area contributed by atoms with Crippen LogP contribution in [0.3, 0.4) is 0 Å². The highest BCUT2D eigenvalue weighted by atomic mass is 32.2. The van der Waals surface area contributed by atoms with E-state index in [4.69, 9.17) is 5.11 Å². The van der Waals surface area contributed by atoms with Gasteiger partial charge in [-0.05, 0) is 26.0 Å². The van der Waals surface area contributed by atoms with Crippen molar-refractivity contribution in [1.29, 1.82) is 0 Å². The van der Waals surface area contributed by atoms with E-state index in [1.807, 2.05) is 13.8 Å². The molecule has 4 heteroatoms. The largest absolute Gasteiger partial charge is 0.469 e. The van der Waals surface area contributed by atoms with Crippen LogP contribution in [0.2, 0.25) is 0 Å². The van der Waals surface area contributed by atoms with Crippen LogP contribution in [0.15, 0.2) is 0 Å². The van der Waals surface area contributed by atoms with Gasteiger partial charge in [0.1, 0.15) is 0 Å². The van der Waals surface area contributed by atoms with Crippen LogP contribution in [0, 0.1) is 5.41 Å². The standard InChI is InChI=1S/C9H18O3S/c1-9(2,8(11)12-3)7-13-6-4-5-10/h10H,4-7H2,1-3H3. The Morgan fingerprint density at radius 3 is 2.62 bits per heavy atom. The van der Waals surface area contributed by atoms with E-state index in [1.54, 1.807) is 11.8 Å². The van der Waals surface area contributed by atoms with E-state index in [-0.39, 0.29) is 12.6 Å². The quantitative estimate of drug-likeness (QED) is 0.525. The van der Waals surface area contributed by atoms with Crippen LogP contribution in [0.4, 0.5) is 0 Å². The number of esters is 1. The lowest BCUT2D eigenvalue weighted by Crippen LogP contribution is -2.28. The monoisotopic (exact) mass is 206 g/mol. The zero-order valence-corrected chi connectivity index (χ0v) is 9.32. The topological polar surface area (TPSA) is 46.5 Å². The summed E-state index contributed by atoms with van der Waals surface area (Å²) in [6, 6.07) is 0. The van der Waals surface area contributed by atoms with Crippen molar-refractivity contribution in [2.75, 3.05) is 25.2 Å². The predicted octanol–water partition coefficient (Wildman–Crippen LogP) is 1.30. The average Bonchev–Trinajstić information content (AvgIpc) is 2.11. The van der Waals surface area contributed by atoms with Crippen molar-refractivity contribution in [3.8, 4) is 0 Å². The first-order chi connectivity index (χ1) is 6.04. The van der Waals surface area contributed by atoms with E-state index < -0.39 is 5.41 Å². The Morgan fingerprint density at radius 1 is 1.54 bits per heavy atom. The van der Waals surface area contributed by atoms with Crippen LogP contribution < -0.4 is 0 Å². The molecular formula is C9H18O3S. The van der Waals surface area contributed by atoms with Gasteiger partial charge in [-0.25, -0.2) is 0 Å². The number of rotatable bonds is 6. The zero-order chi connectivity index (χ0) is 10.3. The highest BCUT2D eigenvalue weighted by Crippen LogP contribution is 2.23. The molecule has 0 radical (unpaired) electrons. The molecule has 0 aromatic carbocycles. The van der Waals surface area contributed by atoms with Gasteiger partial charge in [-0.1, -0.05) is 0 Å². The van der Waals surface area contributed by atoms with Crippen molar-refractivity contribution in [2.24, 2.45) is 5.41 Å². The number of hydrogen-bond acceptors (Lipinski definition) is 4. The number of thioether (sulfide) groups is 1. The van der Waals surface area contributed by atoms with E-state index in [9.17, 15) is 4.79 Å². The summed E-state index contributed by atoms with van der Waals surface area (Å²) >= 11 is 1.67. The normalized spacial score (nSPS) is 11.4. The molecule has 0 fully saturated rings. The molecule has 0 unspecified atom stereocenters. The molecule has 78 valence electrons. The van der Waals surface area contributed by atoms with Gasteiger partial charge in [0.05, 0.1) is 12.5 Å². The molecule has 13 heavy (non-hydrogen) atoms. The number of ether oxygens (including phenoxy) is 1. The lowest BCUT2D eigenvalue weighted by Gasteiger charge is -2.20. The van der Waals surface area contributed by atoms with E-state index in [0.717, 1.165) is 17.9 Å². The van der Waals surface area contributed by atoms with Gasteiger partial charge in [-0.2, -0.15) is 11.8 Å². The van der Waals surface area contributed by atoms with Gasteiger partial charge in [0.25, 0.3) is 0 Å². The van der Waals surface area contributed by atoms with Gasteiger partial charge < -0.3 is 9.84 Å². The summed E-state index contributed by atoms with van der Waals surface area (Å²) in [4.78, 5) is 11.2. The Morgan fingerprint density at radius 2 is 2.15 bits per heavy atom. The number of hydrogen-bond donors (Lipinski definition) is 1. The second-order valence-electron chi connectivity index (χ2n) is 3.51. The van der Waals surface area contributed by atoms with E-state index in [1.165, 1.54) is 7.11 Å². The van der Waals surface area contributed by atoms with Gasteiger partial charge in [-0.15, -0.1) is 0 Å². The van der Waals surface area contributed by atoms with Crippen molar-refractivity contribution in [3.05, 3.63) is 0 Å². The smallest absolute Gasteiger partial charge is 0.312 e. The Hall–Kier alpha value is -0.220. The van der Waals surface area contributed by atoms with Crippen molar-refractivity contribution in [2.45, 2.75) is 20.3 Å². The summed E-state index contributed by atoms with van der Waals surface area (Å²) in [5.41, 5.74) is -0.422. The molecule has 1 N–H and O–H groups in total. The first-order valence-corrected chi connectivity index (χ1v) is 5.47. The maximum Gasteiger partial charge on any atom is 0.312 e. The van der Waals surface area contributed by atoms with Crippen LogP contribution in [0.25, 0.3) is 0 Å². The maximum absolute atomic E-state index is 11.2. The summed E-state index contributed by atoms with van der Waals surface area (Å²) in [6.07, 6.45) is 0.780. The SMILES string of the molecule is COC(=O)C(C)(C)CSCCCO. The summed E-state index contributed by atoms with van der Waals surface area (Å²) in [6.45, 7) is 3.95. The third-order valence-electron chi connectivity index (χ3n) is 1.65. The van der Waals surface area contributed by atoms with E-state index in [0.29, 0.717) is 0 Å². The van der Waals surface area contributed by atoms with Crippen LogP contribution >= 0.6 is 11.8 Å². The summed E-state index contributed by atoms with van der Waals surface area (Å²) in [5.74, 6) is 1.44. The first-order valence-electron chi connectivity index (χ1n) is 4.31. The molecule has 0 atom stereocenters. The third-order valence-corrected chi connectivity index (χ3v) is 3.15. The minimum Gasteiger partial charge on any atom is -0.469 e. The minimum absolute atomic E-state index is 0.177. The van der Waals surface area contributed by atoms with Crippen LogP contribution in [0.1, 0.15) is 20.3 Å². The highest BCUT2D eigenvalue weighted by molar-refractivity contribution is 7.99. The Kier molecular flexibility index (Phi) is 6.16. The molecule has 0 spiro atoms. The molecule has 0 aliphatic carbocycles. The first kappa shape index (κ1) is 12.8. The summed E-state index contributed by atoms with van der Waals surface area (Å²) in [7, 11) is 1.41. The van der Waals surface area contributed by atoms with Crippen molar-refractivity contribution in [1.82, 2.24) is 0 Å². The maximum atomic E-state index is 11.2. The molecule has 3 nitrogen and oxygen atoms in total. The Bertz CT molecular complexity index is 157. The fraction of sp³-hybridized carbons (Fsp3) is 0.889. The molecule has 0 aromatic heterocycles. The molecule has 0 heterocycles. The number of aliphatic hydroxyl groups excluding tert-OH is 1. The molecule has 0 saturated carbocycles. The van der Waals surface area contributed by atoms with E-state index in [2.05, 4.69) is 4.74 Å². The number of carbonyl (C=O) groups is 1. The zero-order valence-electron chi connectivity index (χ0n) is 8.50. The molecule has 0 amide bonds. The fourth-order valence-electron chi connectivity index (χ4n) is 0.829. The Labute approximate surface area is 83.9 Å². The highest BCUT2D eigenvalue weighted by Gasteiger charge is 2.28. The summed E-state index contributed by atoms with van der Waals surface area (Å²) in [5, 5.41) is 8.55.